The van der Waals surface area contributed by atoms with E-state index in [4.69, 9.17) is 0 Å². The largest absolute Gasteiger partial charge is 0.396 e. The third-order valence-corrected chi connectivity index (χ3v) is 11.3. The molecule has 4 aliphatic rings. The van der Waals surface area contributed by atoms with E-state index in [1.165, 1.54) is 0 Å². The Morgan fingerprint density at radius 2 is 1.65 bits per heavy atom. The highest BCUT2D eigenvalue weighted by Crippen LogP contribution is 2.69. The van der Waals surface area contributed by atoms with Crippen LogP contribution in [-0.4, -0.2) is 67.3 Å². The maximum absolute atomic E-state index is 12.3. The van der Waals surface area contributed by atoms with Crippen LogP contribution in [0.5, 0.6) is 0 Å². The van der Waals surface area contributed by atoms with Crippen molar-refractivity contribution >= 4 is 0 Å². The average Bonchev–Trinajstić information content (AvgIpc) is 2.98. The molecule has 0 aromatic rings. The van der Waals surface area contributed by atoms with E-state index in [1.54, 1.807) is 0 Å². The molecule has 4 aliphatic carbocycles. The lowest BCUT2D eigenvalue weighted by Gasteiger charge is -2.65. The minimum atomic E-state index is -1.25. The molecular weight excluding hydrogens is 432 g/mol. The lowest BCUT2D eigenvalue weighted by Crippen LogP contribution is -2.68. The Morgan fingerprint density at radius 1 is 1.00 bits per heavy atom. The van der Waals surface area contributed by atoms with Crippen LogP contribution in [0.3, 0.4) is 0 Å². The van der Waals surface area contributed by atoms with Crippen molar-refractivity contribution in [3.8, 4) is 0 Å². The molecule has 0 amide bonds. The molecule has 4 fully saturated rings. The fourth-order valence-electron chi connectivity index (χ4n) is 9.48. The van der Waals surface area contributed by atoms with Crippen LogP contribution in [0.25, 0.3) is 0 Å². The summed E-state index contributed by atoms with van der Waals surface area (Å²) in [5.74, 6) is -0.629. The van der Waals surface area contributed by atoms with Crippen molar-refractivity contribution in [1.82, 2.24) is 0 Å². The van der Waals surface area contributed by atoms with Crippen LogP contribution in [0.2, 0.25) is 0 Å². The third kappa shape index (κ3) is 3.83. The summed E-state index contributed by atoms with van der Waals surface area (Å²) >= 11 is 0. The lowest BCUT2D eigenvalue weighted by atomic mass is 9.42. The topological polar surface area (TPSA) is 121 Å². The minimum absolute atomic E-state index is 0.0391. The standard InChI is InChI=1S/C28H48O6/c1-15(17(3)14-29)6-7-16(2)22-23(32)24(33)25-27(22,5)11-9-21-26(4)10-8-18(30)12-19(26)20(31)13-28(21,25)34/h16-25,29-34H,1,6-14H2,2-5H3/t16-,17-,18+,19-,20+,21-,22+,23-,24-,25-,26+,27-,28+/m1/s1. The van der Waals surface area contributed by atoms with Crippen molar-refractivity contribution < 1.29 is 30.6 Å². The molecule has 0 radical (unpaired) electrons. The summed E-state index contributed by atoms with van der Waals surface area (Å²) in [6.07, 6.45) is 2.29. The fourth-order valence-corrected chi connectivity index (χ4v) is 9.48. The maximum atomic E-state index is 12.3. The molecule has 0 aromatic heterocycles. The molecule has 0 aliphatic heterocycles. The van der Waals surface area contributed by atoms with Gasteiger partial charge in [0.15, 0.2) is 0 Å². The van der Waals surface area contributed by atoms with Gasteiger partial charge in [0.05, 0.1) is 30.0 Å². The van der Waals surface area contributed by atoms with Crippen molar-refractivity contribution in [3.63, 3.8) is 0 Å². The number of fused-ring (bicyclic) bond motifs is 5. The van der Waals surface area contributed by atoms with E-state index in [0.717, 1.165) is 37.7 Å². The van der Waals surface area contributed by atoms with Crippen molar-refractivity contribution in [2.45, 2.75) is 109 Å². The molecule has 6 heteroatoms. The van der Waals surface area contributed by atoms with Crippen LogP contribution in [0.15, 0.2) is 12.2 Å². The summed E-state index contributed by atoms with van der Waals surface area (Å²) in [6.45, 7) is 12.6. The Balaban J connectivity index is 1.62. The second-order valence-corrected chi connectivity index (χ2v) is 13.1. The number of aliphatic hydroxyl groups excluding tert-OH is 5. The summed E-state index contributed by atoms with van der Waals surface area (Å²) in [5, 5.41) is 66.0. The second kappa shape index (κ2) is 9.11. The van der Waals surface area contributed by atoms with Crippen molar-refractivity contribution in [1.29, 1.82) is 0 Å². The first-order valence-electron chi connectivity index (χ1n) is 13.5. The van der Waals surface area contributed by atoms with Gasteiger partial charge < -0.3 is 30.6 Å². The van der Waals surface area contributed by atoms with Gasteiger partial charge in [0.25, 0.3) is 0 Å². The number of hydrogen-bond acceptors (Lipinski definition) is 6. The molecule has 13 atom stereocenters. The van der Waals surface area contributed by atoms with Gasteiger partial charge in [-0.25, -0.2) is 0 Å². The highest BCUT2D eigenvalue weighted by Gasteiger charge is 2.72. The molecule has 0 saturated heterocycles. The van der Waals surface area contributed by atoms with Gasteiger partial charge in [-0.05, 0) is 85.4 Å². The zero-order chi connectivity index (χ0) is 25.2. The summed E-state index contributed by atoms with van der Waals surface area (Å²) in [5.41, 5.74) is -0.978. The molecule has 4 saturated carbocycles. The molecule has 0 aromatic carbocycles. The van der Waals surface area contributed by atoms with Crippen LogP contribution in [0.4, 0.5) is 0 Å². The van der Waals surface area contributed by atoms with Crippen LogP contribution < -0.4 is 0 Å². The predicted molar refractivity (Wildman–Crippen MR) is 131 cm³/mol. The molecule has 6 N–H and O–H groups in total. The van der Waals surface area contributed by atoms with Gasteiger partial charge in [-0.1, -0.05) is 39.8 Å². The number of rotatable bonds is 6. The SMILES string of the molecule is C=C(CC[C@@H](C)[C@H]1[C@@H](O)[C@@H](O)[C@@H]2[C@]1(C)CC[C@@H]1[C@@]3(C)CC[C@H](O)C[C@@H]3[C@@H](O)C[C@]12O)[C@H](C)CO. The first kappa shape index (κ1) is 26.6. The Hall–Kier alpha value is -0.500. The quantitative estimate of drug-likeness (QED) is 0.325. The Bertz CT molecular complexity index is 772. The smallest absolute Gasteiger partial charge is 0.0863 e. The first-order chi connectivity index (χ1) is 15.8. The second-order valence-electron chi connectivity index (χ2n) is 13.1. The monoisotopic (exact) mass is 480 g/mol. The van der Waals surface area contributed by atoms with Crippen LogP contribution >= 0.6 is 0 Å². The van der Waals surface area contributed by atoms with Gasteiger partial charge in [0, 0.05) is 18.9 Å². The first-order valence-corrected chi connectivity index (χ1v) is 13.5. The van der Waals surface area contributed by atoms with Gasteiger partial charge in [0.1, 0.15) is 0 Å². The number of hydrogen-bond donors (Lipinski definition) is 6. The maximum Gasteiger partial charge on any atom is 0.0863 e. The molecule has 34 heavy (non-hydrogen) atoms. The van der Waals surface area contributed by atoms with Gasteiger partial charge >= 0.3 is 0 Å². The molecule has 0 spiro atoms. The van der Waals surface area contributed by atoms with Gasteiger partial charge in [-0.2, -0.15) is 0 Å². The van der Waals surface area contributed by atoms with E-state index < -0.39 is 41.3 Å². The highest BCUT2D eigenvalue weighted by atomic mass is 16.3. The minimum Gasteiger partial charge on any atom is -0.396 e. The fraction of sp³-hybridized carbons (Fsp3) is 0.929. The zero-order valence-corrected chi connectivity index (χ0v) is 21.5. The molecule has 6 nitrogen and oxygen atoms in total. The Kier molecular flexibility index (Phi) is 7.12. The van der Waals surface area contributed by atoms with Crippen molar-refractivity contribution in [3.05, 3.63) is 12.2 Å². The van der Waals surface area contributed by atoms with Gasteiger partial charge in [-0.3, -0.25) is 0 Å². The van der Waals surface area contributed by atoms with Gasteiger partial charge in [-0.15, -0.1) is 0 Å². The molecule has 0 heterocycles. The third-order valence-electron chi connectivity index (χ3n) is 11.3. The Labute approximate surface area is 205 Å². The molecule has 0 bridgehead atoms. The summed E-state index contributed by atoms with van der Waals surface area (Å²) < 4.78 is 0. The average molecular weight is 481 g/mol. The normalized spacial score (nSPS) is 52.3. The van der Waals surface area contributed by atoms with E-state index in [2.05, 4.69) is 27.4 Å². The van der Waals surface area contributed by atoms with Crippen LogP contribution in [0, 0.1) is 46.3 Å². The van der Waals surface area contributed by atoms with E-state index in [1.807, 2.05) is 6.92 Å². The van der Waals surface area contributed by atoms with E-state index in [-0.39, 0.29) is 48.0 Å². The number of aliphatic hydroxyl groups is 6. The van der Waals surface area contributed by atoms with Gasteiger partial charge in [0.2, 0.25) is 0 Å². The van der Waals surface area contributed by atoms with E-state index >= 15 is 0 Å². The van der Waals surface area contributed by atoms with Crippen molar-refractivity contribution in [2.75, 3.05) is 6.61 Å². The lowest BCUT2D eigenvalue weighted by molar-refractivity contribution is -0.264. The molecule has 196 valence electrons. The molecular formula is C28H48O6. The van der Waals surface area contributed by atoms with Crippen LogP contribution in [0.1, 0.15) is 79.1 Å². The molecule has 0 unspecified atom stereocenters. The van der Waals surface area contributed by atoms with E-state index in [0.29, 0.717) is 12.8 Å². The molecule has 4 rings (SSSR count). The highest BCUT2D eigenvalue weighted by molar-refractivity contribution is 5.21. The van der Waals surface area contributed by atoms with Crippen LogP contribution in [-0.2, 0) is 0 Å². The van der Waals surface area contributed by atoms with E-state index in [9.17, 15) is 30.6 Å². The summed E-state index contributed by atoms with van der Waals surface area (Å²) in [6, 6.07) is 0. The predicted octanol–water partition coefficient (Wildman–Crippen LogP) is 2.63. The Morgan fingerprint density at radius 3 is 2.29 bits per heavy atom. The summed E-state index contributed by atoms with van der Waals surface area (Å²) in [4.78, 5) is 0. The van der Waals surface area contributed by atoms with Crippen molar-refractivity contribution in [2.24, 2.45) is 46.3 Å². The summed E-state index contributed by atoms with van der Waals surface area (Å²) in [7, 11) is 0. The zero-order valence-electron chi connectivity index (χ0n) is 21.5.